The normalized spacial score (nSPS) is 20.2. The Labute approximate surface area is 161 Å². The van der Waals surface area contributed by atoms with Crippen LogP contribution in [-0.4, -0.2) is 20.5 Å². The first-order valence-electron chi connectivity index (χ1n) is 10.9. The molecule has 0 aliphatic heterocycles. The Hall–Kier alpha value is -1.91. The Morgan fingerprint density at radius 3 is 2.74 bits per heavy atom. The van der Waals surface area contributed by atoms with Crippen LogP contribution in [0.1, 0.15) is 89.5 Å². The third kappa shape index (κ3) is 3.74. The Bertz CT molecular complexity index is 785. The fraction of sp³-hybridized carbons (Fsp3) is 0.682. The number of hydrogen-bond acceptors (Lipinski definition) is 3. The summed E-state index contributed by atoms with van der Waals surface area (Å²) < 4.78 is 1.84. The number of carbonyl (C=O) groups excluding carboxylic acids is 1. The summed E-state index contributed by atoms with van der Waals surface area (Å²) in [7, 11) is 0. The number of nitrogens with zero attached hydrogens (tertiary/aromatic N) is 3. The second-order valence-electron chi connectivity index (χ2n) is 8.54. The van der Waals surface area contributed by atoms with Gasteiger partial charge in [-0.3, -0.25) is 4.79 Å². The van der Waals surface area contributed by atoms with E-state index in [1.165, 1.54) is 50.5 Å². The summed E-state index contributed by atoms with van der Waals surface area (Å²) in [4.78, 5) is 17.3. The molecule has 2 aromatic rings. The zero-order valence-corrected chi connectivity index (χ0v) is 16.5. The molecule has 5 nitrogen and oxygen atoms in total. The van der Waals surface area contributed by atoms with Gasteiger partial charge in [0.1, 0.15) is 0 Å². The molecule has 0 saturated heterocycles. The van der Waals surface area contributed by atoms with E-state index in [1.54, 1.807) is 0 Å². The average Bonchev–Trinajstić information content (AvgIpc) is 3.34. The Kier molecular flexibility index (Phi) is 5.46. The van der Waals surface area contributed by atoms with Crippen LogP contribution in [0, 0.1) is 5.92 Å². The first kappa shape index (κ1) is 18.5. The molecular weight excluding hydrogens is 336 g/mol. The predicted octanol–water partition coefficient (Wildman–Crippen LogP) is 5.25. The fourth-order valence-electron chi connectivity index (χ4n) is 5.30. The van der Waals surface area contributed by atoms with Crippen molar-refractivity contribution < 1.29 is 4.79 Å². The zero-order valence-electron chi connectivity index (χ0n) is 16.5. The van der Waals surface area contributed by atoms with Gasteiger partial charge in [-0.25, -0.2) is 9.50 Å². The molecule has 27 heavy (non-hydrogen) atoms. The monoisotopic (exact) mass is 368 g/mol. The zero-order chi connectivity index (χ0) is 18.7. The quantitative estimate of drug-likeness (QED) is 0.757. The number of carbonyl (C=O) groups is 1. The maximum atomic E-state index is 12.7. The van der Waals surface area contributed by atoms with Gasteiger partial charge in [-0.1, -0.05) is 51.9 Å². The Morgan fingerprint density at radius 2 is 2.00 bits per heavy atom. The molecule has 4 rings (SSSR count). The number of amides is 1. The Balaban J connectivity index is 1.60. The van der Waals surface area contributed by atoms with Gasteiger partial charge in [0.15, 0.2) is 11.5 Å². The molecule has 0 radical (unpaired) electrons. The van der Waals surface area contributed by atoms with Gasteiger partial charge in [-0.2, -0.15) is 0 Å². The van der Waals surface area contributed by atoms with E-state index < -0.39 is 0 Å². The lowest BCUT2D eigenvalue weighted by Gasteiger charge is -2.36. The van der Waals surface area contributed by atoms with Gasteiger partial charge in [-0.05, 0) is 37.7 Å². The molecule has 0 atom stereocenters. The van der Waals surface area contributed by atoms with Crippen molar-refractivity contribution in [2.24, 2.45) is 5.92 Å². The molecule has 146 valence electrons. The number of nitrogens with one attached hydrogen (secondary N) is 1. The summed E-state index contributed by atoms with van der Waals surface area (Å²) in [5.41, 5.74) is 2.16. The number of fused-ring (bicyclic) bond motifs is 1. The van der Waals surface area contributed by atoms with Gasteiger partial charge in [-0.15, -0.1) is 5.10 Å². The van der Waals surface area contributed by atoms with Crippen LogP contribution in [0.4, 0.5) is 5.82 Å². The van der Waals surface area contributed by atoms with E-state index in [4.69, 9.17) is 5.10 Å². The van der Waals surface area contributed by atoms with E-state index in [2.05, 4.69) is 17.2 Å². The largest absolute Gasteiger partial charge is 0.309 e. The fourth-order valence-corrected chi connectivity index (χ4v) is 5.30. The van der Waals surface area contributed by atoms with Crippen LogP contribution in [-0.2, 0) is 10.2 Å². The highest BCUT2D eigenvalue weighted by molar-refractivity contribution is 5.91. The molecule has 2 aliphatic carbocycles. The maximum Gasteiger partial charge on any atom is 0.225 e. The van der Waals surface area contributed by atoms with Crippen molar-refractivity contribution in [1.29, 1.82) is 0 Å². The van der Waals surface area contributed by atoms with Crippen molar-refractivity contribution in [3.05, 3.63) is 24.0 Å². The summed E-state index contributed by atoms with van der Waals surface area (Å²) >= 11 is 0. The summed E-state index contributed by atoms with van der Waals surface area (Å²) in [5, 5.41) is 7.89. The van der Waals surface area contributed by atoms with Crippen LogP contribution in [0.25, 0.3) is 5.65 Å². The SMILES string of the molecule is CCC1(c2c(NC(=O)CCC3CCCC3)nn3cccnc23)CCCCC1. The number of hydrogen-bond donors (Lipinski definition) is 1. The van der Waals surface area contributed by atoms with Gasteiger partial charge in [0, 0.05) is 29.8 Å². The standard InChI is InChI=1S/C22H32N4O/c1-2-22(13-6-3-7-14-22)19-20(25-26-16-8-15-23-21(19)26)24-18(27)12-11-17-9-4-5-10-17/h8,15-17H,2-7,9-14H2,1H3,(H,24,25,27). The minimum atomic E-state index is 0.0857. The van der Waals surface area contributed by atoms with Gasteiger partial charge in [0.2, 0.25) is 5.91 Å². The van der Waals surface area contributed by atoms with Gasteiger partial charge >= 0.3 is 0 Å². The lowest BCUT2D eigenvalue weighted by atomic mass is 9.68. The van der Waals surface area contributed by atoms with Gasteiger partial charge in [0.25, 0.3) is 0 Å². The second-order valence-corrected chi connectivity index (χ2v) is 8.54. The molecular formula is C22H32N4O. The molecule has 2 saturated carbocycles. The van der Waals surface area contributed by atoms with Crippen LogP contribution in [0.15, 0.2) is 18.5 Å². The molecule has 2 aromatic heterocycles. The predicted molar refractivity (Wildman–Crippen MR) is 108 cm³/mol. The minimum absolute atomic E-state index is 0.0857. The molecule has 1 N–H and O–H groups in total. The molecule has 2 fully saturated rings. The third-order valence-electron chi connectivity index (χ3n) is 6.93. The van der Waals surface area contributed by atoms with Crippen molar-refractivity contribution in [2.75, 3.05) is 5.32 Å². The van der Waals surface area contributed by atoms with Crippen LogP contribution >= 0.6 is 0 Å². The van der Waals surface area contributed by atoms with E-state index in [0.717, 1.165) is 43.1 Å². The van der Waals surface area contributed by atoms with Crippen molar-refractivity contribution >= 4 is 17.4 Å². The first-order valence-corrected chi connectivity index (χ1v) is 10.9. The highest BCUT2D eigenvalue weighted by atomic mass is 16.1. The number of rotatable bonds is 6. The summed E-state index contributed by atoms with van der Waals surface area (Å²) in [5.74, 6) is 1.58. The summed E-state index contributed by atoms with van der Waals surface area (Å²) in [6.45, 7) is 2.27. The topological polar surface area (TPSA) is 59.3 Å². The second kappa shape index (κ2) is 7.99. The molecule has 0 aromatic carbocycles. The highest BCUT2D eigenvalue weighted by Gasteiger charge is 2.38. The number of anilines is 1. The summed E-state index contributed by atoms with van der Waals surface area (Å²) in [6.07, 6.45) is 17.8. The van der Waals surface area contributed by atoms with Crippen LogP contribution in [0.3, 0.4) is 0 Å². The van der Waals surface area contributed by atoms with Crippen molar-refractivity contribution in [3.63, 3.8) is 0 Å². The van der Waals surface area contributed by atoms with Crippen molar-refractivity contribution in [2.45, 2.75) is 89.4 Å². The van der Waals surface area contributed by atoms with Crippen molar-refractivity contribution in [3.8, 4) is 0 Å². The van der Waals surface area contributed by atoms with Gasteiger partial charge in [0.05, 0.1) is 0 Å². The maximum absolute atomic E-state index is 12.7. The molecule has 2 aliphatic rings. The van der Waals surface area contributed by atoms with Crippen LogP contribution < -0.4 is 5.32 Å². The third-order valence-corrected chi connectivity index (χ3v) is 6.93. The van der Waals surface area contributed by atoms with Gasteiger partial charge < -0.3 is 5.32 Å². The lowest BCUT2D eigenvalue weighted by Crippen LogP contribution is -2.30. The van der Waals surface area contributed by atoms with E-state index in [1.807, 2.05) is 23.0 Å². The molecule has 0 spiro atoms. The summed E-state index contributed by atoms with van der Waals surface area (Å²) in [6, 6.07) is 1.90. The smallest absolute Gasteiger partial charge is 0.225 e. The molecule has 2 heterocycles. The Morgan fingerprint density at radius 1 is 1.22 bits per heavy atom. The molecule has 5 heteroatoms. The molecule has 0 bridgehead atoms. The average molecular weight is 369 g/mol. The number of aromatic nitrogens is 3. The first-order chi connectivity index (χ1) is 13.2. The molecule has 1 amide bonds. The van der Waals surface area contributed by atoms with E-state index in [-0.39, 0.29) is 11.3 Å². The molecule has 0 unspecified atom stereocenters. The van der Waals surface area contributed by atoms with Crippen LogP contribution in [0.5, 0.6) is 0 Å². The lowest BCUT2D eigenvalue weighted by molar-refractivity contribution is -0.116. The highest BCUT2D eigenvalue weighted by Crippen LogP contribution is 2.46. The minimum Gasteiger partial charge on any atom is -0.309 e. The van der Waals surface area contributed by atoms with E-state index >= 15 is 0 Å². The van der Waals surface area contributed by atoms with E-state index in [9.17, 15) is 4.79 Å². The van der Waals surface area contributed by atoms with Crippen LogP contribution in [0.2, 0.25) is 0 Å². The van der Waals surface area contributed by atoms with E-state index in [0.29, 0.717) is 6.42 Å². The van der Waals surface area contributed by atoms with Crippen molar-refractivity contribution in [1.82, 2.24) is 14.6 Å².